The first-order valence-electron chi connectivity index (χ1n) is 8.03. The van der Waals surface area contributed by atoms with Crippen molar-refractivity contribution in [2.24, 2.45) is 0 Å². The number of benzene rings is 2. The third-order valence-corrected chi connectivity index (χ3v) is 4.53. The van der Waals surface area contributed by atoms with Crippen molar-refractivity contribution in [3.63, 3.8) is 0 Å². The van der Waals surface area contributed by atoms with E-state index in [0.29, 0.717) is 5.02 Å². The maximum Gasteiger partial charge on any atom is 0.248 e. The first-order chi connectivity index (χ1) is 11.4. The molecule has 2 N–H and O–H groups in total. The molecule has 24 heavy (non-hydrogen) atoms. The van der Waals surface area contributed by atoms with Crippen molar-refractivity contribution in [2.75, 3.05) is 11.9 Å². The van der Waals surface area contributed by atoms with Crippen LogP contribution in [0.1, 0.15) is 30.5 Å². The normalized spacial score (nSPS) is 16.0. The monoisotopic (exact) mass is 340 g/mol. The van der Waals surface area contributed by atoms with Gasteiger partial charge >= 0.3 is 0 Å². The second-order valence-electron chi connectivity index (χ2n) is 6.73. The molecule has 0 radical (unpaired) electrons. The van der Waals surface area contributed by atoms with Crippen LogP contribution in [0.4, 0.5) is 5.69 Å². The molecule has 3 rings (SSSR count). The summed E-state index contributed by atoms with van der Waals surface area (Å²) in [5, 5.41) is 7.03. The zero-order valence-corrected chi connectivity index (χ0v) is 14.7. The van der Waals surface area contributed by atoms with Gasteiger partial charge in [0.05, 0.1) is 0 Å². The maximum atomic E-state index is 12.1. The molecule has 0 atom stereocenters. The van der Waals surface area contributed by atoms with E-state index in [2.05, 4.69) is 36.6 Å². The Hall–Kier alpha value is -2.10. The number of fused-ring (bicyclic) bond motifs is 1. The minimum Gasteiger partial charge on any atom is -0.323 e. The molecule has 0 aliphatic carbocycles. The molecule has 1 aliphatic heterocycles. The standard InChI is InChI=1S/C20H21ClN2O/c1-20(2)13-22-12-15-11-17(8-9-18(15)20)23-19(24)10-5-14-3-6-16(21)7-4-14/h3-11,22H,12-13H2,1-2H3,(H,23,24)/b10-5+. The second kappa shape index (κ2) is 6.80. The van der Waals surface area contributed by atoms with Gasteiger partial charge in [-0.2, -0.15) is 0 Å². The predicted octanol–water partition coefficient (Wildman–Crippen LogP) is 4.37. The van der Waals surface area contributed by atoms with Crippen molar-refractivity contribution in [1.29, 1.82) is 0 Å². The molecule has 1 amide bonds. The maximum absolute atomic E-state index is 12.1. The lowest BCUT2D eigenvalue weighted by Gasteiger charge is -2.33. The van der Waals surface area contributed by atoms with Gasteiger partial charge in [-0.1, -0.05) is 43.6 Å². The van der Waals surface area contributed by atoms with E-state index in [4.69, 9.17) is 11.6 Å². The lowest BCUT2D eigenvalue weighted by atomic mass is 9.79. The van der Waals surface area contributed by atoms with Gasteiger partial charge in [-0.3, -0.25) is 4.79 Å². The predicted molar refractivity (Wildman–Crippen MR) is 100 cm³/mol. The fourth-order valence-corrected chi connectivity index (χ4v) is 3.14. The minimum absolute atomic E-state index is 0.116. The highest BCUT2D eigenvalue weighted by Gasteiger charge is 2.26. The number of hydrogen-bond acceptors (Lipinski definition) is 2. The lowest BCUT2D eigenvalue weighted by molar-refractivity contribution is -0.111. The van der Waals surface area contributed by atoms with Gasteiger partial charge in [-0.15, -0.1) is 0 Å². The fourth-order valence-electron chi connectivity index (χ4n) is 3.01. The molecule has 3 nitrogen and oxygen atoms in total. The molecule has 2 aromatic rings. The number of halogens is 1. The van der Waals surface area contributed by atoms with Crippen LogP contribution in [0, 0.1) is 0 Å². The van der Waals surface area contributed by atoms with Crippen LogP contribution in [-0.2, 0) is 16.8 Å². The summed E-state index contributed by atoms with van der Waals surface area (Å²) >= 11 is 5.85. The summed E-state index contributed by atoms with van der Waals surface area (Å²) in [4.78, 5) is 12.1. The van der Waals surface area contributed by atoms with Crippen molar-refractivity contribution in [3.8, 4) is 0 Å². The summed E-state index contributed by atoms with van der Waals surface area (Å²) in [6, 6.07) is 13.5. The Bertz CT molecular complexity index is 779. The van der Waals surface area contributed by atoms with Gasteiger partial charge in [-0.05, 0) is 47.0 Å². The number of carbonyl (C=O) groups is 1. The molecule has 0 unspecified atom stereocenters. The molecule has 1 aliphatic rings. The molecule has 124 valence electrons. The second-order valence-corrected chi connectivity index (χ2v) is 7.17. The SMILES string of the molecule is CC1(C)CNCc2cc(NC(=O)/C=C/c3ccc(Cl)cc3)ccc21. The van der Waals surface area contributed by atoms with E-state index >= 15 is 0 Å². The van der Waals surface area contributed by atoms with Crippen LogP contribution in [0.3, 0.4) is 0 Å². The average Bonchev–Trinajstić information content (AvgIpc) is 2.54. The fraction of sp³-hybridized carbons (Fsp3) is 0.250. The van der Waals surface area contributed by atoms with Crippen LogP contribution >= 0.6 is 11.6 Å². The Morgan fingerprint density at radius 3 is 2.71 bits per heavy atom. The Kier molecular flexibility index (Phi) is 4.74. The van der Waals surface area contributed by atoms with Gasteiger partial charge in [0.1, 0.15) is 0 Å². The van der Waals surface area contributed by atoms with Gasteiger partial charge < -0.3 is 10.6 Å². The Morgan fingerprint density at radius 2 is 1.96 bits per heavy atom. The van der Waals surface area contributed by atoms with Crippen LogP contribution in [-0.4, -0.2) is 12.5 Å². The van der Waals surface area contributed by atoms with Crippen molar-refractivity contribution in [3.05, 3.63) is 70.3 Å². The molecule has 0 spiro atoms. The van der Waals surface area contributed by atoms with Crippen LogP contribution in [0.2, 0.25) is 5.02 Å². The Labute approximate surface area is 147 Å². The molecule has 4 heteroatoms. The minimum atomic E-state index is -0.145. The summed E-state index contributed by atoms with van der Waals surface area (Å²) in [7, 11) is 0. The summed E-state index contributed by atoms with van der Waals surface area (Å²) < 4.78 is 0. The van der Waals surface area contributed by atoms with Gasteiger partial charge in [0.15, 0.2) is 0 Å². The zero-order chi connectivity index (χ0) is 17.2. The third kappa shape index (κ3) is 3.86. The van der Waals surface area contributed by atoms with E-state index in [0.717, 1.165) is 24.3 Å². The van der Waals surface area contributed by atoms with Crippen molar-refractivity contribution in [2.45, 2.75) is 25.8 Å². The molecular weight excluding hydrogens is 320 g/mol. The Morgan fingerprint density at radius 1 is 1.21 bits per heavy atom. The summed E-state index contributed by atoms with van der Waals surface area (Å²) in [6.45, 7) is 6.26. The smallest absolute Gasteiger partial charge is 0.248 e. The summed E-state index contributed by atoms with van der Waals surface area (Å²) in [5.41, 5.74) is 4.46. The highest BCUT2D eigenvalue weighted by atomic mass is 35.5. The molecule has 0 saturated heterocycles. The first kappa shape index (κ1) is 16.7. The van der Waals surface area contributed by atoms with E-state index in [1.807, 2.05) is 18.2 Å². The molecular formula is C20H21ClN2O. The van der Waals surface area contributed by atoms with E-state index in [9.17, 15) is 4.79 Å². The zero-order valence-electron chi connectivity index (χ0n) is 13.9. The van der Waals surface area contributed by atoms with Gasteiger partial charge in [0.25, 0.3) is 0 Å². The number of carbonyl (C=O) groups excluding carboxylic acids is 1. The first-order valence-corrected chi connectivity index (χ1v) is 8.41. The highest BCUT2D eigenvalue weighted by Crippen LogP contribution is 2.31. The summed E-state index contributed by atoms with van der Waals surface area (Å²) in [5.74, 6) is -0.145. The number of nitrogens with one attached hydrogen (secondary N) is 2. The number of hydrogen-bond donors (Lipinski definition) is 2. The molecule has 0 aromatic heterocycles. The van der Waals surface area contributed by atoms with Crippen LogP contribution < -0.4 is 10.6 Å². The van der Waals surface area contributed by atoms with Crippen LogP contribution in [0.5, 0.6) is 0 Å². The molecule has 1 heterocycles. The highest BCUT2D eigenvalue weighted by molar-refractivity contribution is 6.30. The average molecular weight is 341 g/mol. The molecule has 0 bridgehead atoms. The molecule has 0 saturated carbocycles. The van der Waals surface area contributed by atoms with Gasteiger partial charge in [0, 0.05) is 35.3 Å². The van der Waals surface area contributed by atoms with E-state index in [1.54, 1.807) is 18.2 Å². The summed E-state index contributed by atoms with van der Waals surface area (Å²) in [6.07, 6.45) is 3.31. The molecule has 2 aromatic carbocycles. The van der Waals surface area contributed by atoms with Crippen molar-refractivity contribution < 1.29 is 4.79 Å². The van der Waals surface area contributed by atoms with Crippen molar-refractivity contribution >= 4 is 29.3 Å². The van der Waals surface area contributed by atoms with E-state index in [1.165, 1.54) is 17.2 Å². The number of anilines is 1. The largest absolute Gasteiger partial charge is 0.323 e. The number of amides is 1. The quantitative estimate of drug-likeness (QED) is 0.814. The van der Waals surface area contributed by atoms with Crippen LogP contribution in [0.25, 0.3) is 6.08 Å². The Balaban J connectivity index is 1.70. The van der Waals surface area contributed by atoms with E-state index < -0.39 is 0 Å². The number of rotatable bonds is 3. The van der Waals surface area contributed by atoms with Gasteiger partial charge in [0.2, 0.25) is 5.91 Å². The molecule has 0 fully saturated rings. The van der Waals surface area contributed by atoms with E-state index in [-0.39, 0.29) is 11.3 Å². The lowest BCUT2D eigenvalue weighted by Crippen LogP contribution is -2.38. The van der Waals surface area contributed by atoms with Crippen LogP contribution in [0.15, 0.2) is 48.5 Å². The van der Waals surface area contributed by atoms with Crippen molar-refractivity contribution in [1.82, 2.24) is 5.32 Å². The third-order valence-electron chi connectivity index (χ3n) is 4.28. The topological polar surface area (TPSA) is 41.1 Å². The van der Waals surface area contributed by atoms with Gasteiger partial charge in [-0.25, -0.2) is 0 Å².